The summed E-state index contributed by atoms with van der Waals surface area (Å²) >= 11 is 0. The highest BCUT2D eigenvalue weighted by atomic mass is 15.2. The van der Waals surface area contributed by atoms with Gasteiger partial charge in [0.2, 0.25) is 5.95 Å². The fourth-order valence-electron chi connectivity index (χ4n) is 7.92. The average Bonchev–Trinajstić information content (AvgIpc) is 3.83. The summed E-state index contributed by atoms with van der Waals surface area (Å²) in [4.78, 5) is 15.6. The van der Waals surface area contributed by atoms with E-state index in [2.05, 4.69) is 148 Å². The average molecular weight is 638 g/mol. The van der Waals surface area contributed by atoms with Gasteiger partial charge in [0.15, 0.2) is 11.6 Å². The summed E-state index contributed by atoms with van der Waals surface area (Å²) in [6, 6.07) is 57.6. The maximum Gasteiger partial charge on any atom is 0.238 e. The zero-order valence-corrected chi connectivity index (χ0v) is 26.8. The van der Waals surface area contributed by atoms with Gasteiger partial charge in [-0.2, -0.15) is 9.97 Å². The van der Waals surface area contributed by atoms with Gasteiger partial charge in [-0.15, -0.1) is 0 Å². The largest absolute Gasteiger partial charge is 0.308 e. The van der Waals surface area contributed by atoms with E-state index in [1.807, 2.05) is 24.3 Å². The molecule has 7 aromatic carbocycles. The van der Waals surface area contributed by atoms with E-state index in [0.717, 1.165) is 33.1 Å². The van der Waals surface area contributed by atoms with Crippen LogP contribution in [0.4, 0.5) is 0 Å². The third-order valence-electron chi connectivity index (χ3n) is 10.1. The van der Waals surface area contributed by atoms with Crippen LogP contribution in [-0.2, 0) is 0 Å². The second-order valence-electron chi connectivity index (χ2n) is 12.9. The Morgan fingerprint density at radius 2 is 0.800 bits per heavy atom. The lowest BCUT2D eigenvalue weighted by molar-refractivity contribution is 0.955. The number of fused-ring (bicyclic) bond motifs is 10. The molecule has 5 heteroatoms. The standard InChI is InChI=1S/C45H27N5/c1-3-13-28(14-4-1)29-23-25-31(26-24-29)44-46-43(30-15-5-2-6-16-30)47-45(48-44)50-38-21-11-8-18-33(38)36-27-35-32-17-7-10-20-37(32)49-39-22-12-9-19-34(39)40(41(35)49)42(36)50/h1-27H. The van der Waals surface area contributed by atoms with E-state index in [0.29, 0.717) is 17.6 Å². The highest BCUT2D eigenvalue weighted by Gasteiger charge is 2.25. The predicted octanol–water partition coefficient (Wildman–Crippen LogP) is 11.1. The molecule has 0 amide bonds. The fourth-order valence-corrected chi connectivity index (χ4v) is 7.92. The molecule has 0 bridgehead atoms. The van der Waals surface area contributed by atoms with Gasteiger partial charge >= 0.3 is 0 Å². The molecular formula is C45H27N5. The minimum absolute atomic E-state index is 0.592. The van der Waals surface area contributed by atoms with Gasteiger partial charge in [-0.05, 0) is 35.4 Å². The number of hydrogen-bond donors (Lipinski definition) is 0. The number of benzene rings is 7. The first-order chi connectivity index (χ1) is 24.8. The maximum absolute atomic E-state index is 5.28. The van der Waals surface area contributed by atoms with Gasteiger partial charge in [0.25, 0.3) is 0 Å². The summed E-state index contributed by atoms with van der Waals surface area (Å²) in [5, 5.41) is 7.26. The van der Waals surface area contributed by atoms with Crippen molar-refractivity contribution < 1.29 is 0 Å². The second-order valence-corrected chi connectivity index (χ2v) is 12.9. The first-order valence-electron chi connectivity index (χ1n) is 16.9. The fraction of sp³-hybridized carbons (Fsp3) is 0. The van der Waals surface area contributed by atoms with E-state index in [-0.39, 0.29) is 0 Å². The molecule has 0 saturated heterocycles. The van der Waals surface area contributed by atoms with Gasteiger partial charge in [0, 0.05) is 43.4 Å². The van der Waals surface area contributed by atoms with Crippen LogP contribution in [0.1, 0.15) is 0 Å². The smallest absolute Gasteiger partial charge is 0.238 e. The second kappa shape index (κ2) is 10.3. The quantitative estimate of drug-likeness (QED) is 0.193. The van der Waals surface area contributed by atoms with Crippen LogP contribution in [-0.4, -0.2) is 23.9 Å². The van der Waals surface area contributed by atoms with Crippen LogP contribution in [0.3, 0.4) is 0 Å². The normalized spacial score (nSPS) is 12.0. The number of nitrogens with zero attached hydrogens (tertiary/aromatic N) is 5. The summed E-state index contributed by atoms with van der Waals surface area (Å²) < 4.78 is 4.69. The summed E-state index contributed by atoms with van der Waals surface area (Å²) in [7, 11) is 0. The Bertz CT molecular complexity index is 3070. The first kappa shape index (κ1) is 27.1. The van der Waals surface area contributed by atoms with Crippen LogP contribution in [0.5, 0.6) is 0 Å². The van der Waals surface area contributed by atoms with Crippen LogP contribution < -0.4 is 0 Å². The van der Waals surface area contributed by atoms with Crippen molar-refractivity contribution in [2.75, 3.05) is 0 Å². The molecule has 4 heterocycles. The maximum atomic E-state index is 5.28. The number of hydrogen-bond acceptors (Lipinski definition) is 3. The molecule has 0 aliphatic rings. The molecule has 5 nitrogen and oxygen atoms in total. The minimum Gasteiger partial charge on any atom is -0.308 e. The molecule has 0 spiro atoms. The van der Waals surface area contributed by atoms with E-state index in [1.54, 1.807) is 0 Å². The number of rotatable bonds is 4. The third kappa shape index (κ3) is 3.80. The van der Waals surface area contributed by atoms with E-state index >= 15 is 0 Å². The van der Waals surface area contributed by atoms with E-state index in [9.17, 15) is 0 Å². The Labute approximate surface area is 286 Å². The topological polar surface area (TPSA) is 48.0 Å². The molecule has 50 heavy (non-hydrogen) atoms. The molecule has 0 atom stereocenters. The van der Waals surface area contributed by atoms with E-state index in [1.165, 1.54) is 49.0 Å². The molecule has 0 unspecified atom stereocenters. The molecule has 11 aromatic rings. The van der Waals surface area contributed by atoms with Crippen molar-refractivity contribution >= 4 is 59.9 Å². The first-order valence-corrected chi connectivity index (χ1v) is 16.9. The van der Waals surface area contributed by atoms with Crippen molar-refractivity contribution in [2.24, 2.45) is 0 Å². The lowest BCUT2D eigenvalue weighted by Crippen LogP contribution is -2.06. The van der Waals surface area contributed by atoms with Gasteiger partial charge in [-0.3, -0.25) is 4.57 Å². The SMILES string of the molecule is c1ccc(-c2ccc(-c3nc(-c4ccccc4)nc(-n4c5ccccc5c5cc6c7ccccc7n7c8ccccc8c(c54)c67)n3)cc2)cc1. The van der Waals surface area contributed by atoms with Crippen molar-refractivity contribution in [3.8, 4) is 39.9 Å². The Kier molecular flexibility index (Phi) is 5.60. The van der Waals surface area contributed by atoms with Gasteiger partial charge in [-0.1, -0.05) is 140 Å². The Hall–Kier alpha value is -6.85. The van der Waals surface area contributed by atoms with Gasteiger partial charge in [0.05, 0.1) is 27.6 Å². The van der Waals surface area contributed by atoms with Crippen LogP contribution in [0.25, 0.3) is 99.8 Å². The van der Waals surface area contributed by atoms with Gasteiger partial charge in [0.1, 0.15) is 0 Å². The van der Waals surface area contributed by atoms with Crippen molar-refractivity contribution in [1.82, 2.24) is 23.9 Å². The van der Waals surface area contributed by atoms with Crippen molar-refractivity contribution in [2.45, 2.75) is 0 Å². The molecular weight excluding hydrogens is 611 g/mol. The highest BCUT2D eigenvalue weighted by molar-refractivity contribution is 6.34. The van der Waals surface area contributed by atoms with Crippen LogP contribution in [0, 0.1) is 0 Å². The summed E-state index contributed by atoms with van der Waals surface area (Å²) in [6.07, 6.45) is 0. The molecule has 0 aliphatic heterocycles. The minimum atomic E-state index is 0.592. The van der Waals surface area contributed by atoms with Crippen molar-refractivity contribution in [1.29, 1.82) is 0 Å². The van der Waals surface area contributed by atoms with Gasteiger partial charge < -0.3 is 4.40 Å². The Balaban J connectivity index is 1.26. The van der Waals surface area contributed by atoms with Crippen molar-refractivity contribution in [3.05, 3.63) is 164 Å². The third-order valence-corrected chi connectivity index (χ3v) is 10.1. The van der Waals surface area contributed by atoms with Gasteiger partial charge in [-0.25, -0.2) is 4.98 Å². The molecule has 0 fully saturated rings. The van der Waals surface area contributed by atoms with Crippen molar-refractivity contribution in [3.63, 3.8) is 0 Å². The number of para-hydroxylation sites is 3. The van der Waals surface area contributed by atoms with Crippen LogP contribution in [0.15, 0.2) is 164 Å². The molecule has 0 saturated carbocycles. The van der Waals surface area contributed by atoms with E-state index in [4.69, 9.17) is 15.0 Å². The highest BCUT2D eigenvalue weighted by Crippen LogP contribution is 2.46. The van der Waals surface area contributed by atoms with Crippen LogP contribution >= 0.6 is 0 Å². The number of aromatic nitrogens is 5. The monoisotopic (exact) mass is 637 g/mol. The molecule has 232 valence electrons. The Morgan fingerprint density at radius 1 is 0.340 bits per heavy atom. The molecule has 4 aromatic heterocycles. The lowest BCUT2D eigenvalue weighted by atomic mass is 10.0. The zero-order chi connectivity index (χ0) is 32.8. The molecule has 0 N–H and O–H groups in total. The summed E-state index contributed by atoms with van der Waals surface area (Å²) in [6.45, 7) is 0. The molecule has 0 aliphatic carbocycles. The summed E-state index contributed by atoms with van der Waals surface area (Å²) in [5.41, 5.74) is 9.98. The zero-order valence-electron chi connectivity index (χ0n) is 26.8. The predicted molar refractivity (Wildman–Crippen MR) is 205 cm³/mol. The molecule has 11 rings (SSSR count). The lowest BCUT2D eigenvalue weighted by Gasteiger charge is -2.12. The van der Waals surface area contributed by atoms with Crippen LogP contribution in [0.2, 0.25) is 0 Å². The van der Waals surface area contributed by atoms with E-state index < -0.39 is 0 Å². The summed E-state index contributed by atoms with van der Waals surface area (Å²) in [5.74, 6) is 1.86. The molecule has 0 radical (unpaired) electrons. The Morgan fingerprint density at radius 3 is 1.48 bits per heavy atom.